The molecule has 0 rings (SSSR count). The standard InChI is InChI=1S/C34H67NO5/c1-3-5-7-9-11-13-15-17-19-21-23-25-27-29-32(36)39-34(38,31-35)40-33(37)30-28-26-24-22-20-18-16-14-12-10-8-6-4-2/h38H,3-31,35H2,1-2H3. The third-order valence-corrected chi connectivity index (χ3v) is 7.77. The number of nitrogens with two attached hydrogens (primary N) is 1. The normalized spacial score (nSPS) is 11.6. The quantitative estimate of drug-likeness (QED) is 0.0490. The van der Waals surface area contributed by atoms with Crippen LogP contribution in [-0.4, -0.2) is 29.6 Å². The lowest BCUT2D eigenvalue weighted by Gasteiger charge is -2.25. The minimum absolute atomic E-state index is 0.191. The highest BCUT2D eigenvalue weighted by atomic mass is 16.8. The van der Waals surface area contributed by atoms with Crippen LogP contribution in [0.25, 0.3) is 0 Å². The molecule has 0 amide bonds. The van der Waals surface area contributed by atoms with E-state index in [9.17, 15) is 14.7 Å². The highest BCUT2D eigenvalue weighted by Crippen LogP contribution is 2.17. The minimum Gasteiger partial charge on any atom is -0.397 e. The van der Waals surface area contributed by atoms with Crippen LogP contribution in [-0.2, 0) is 19.1 Å². The van der Waals surface area contributed by atoms with Crippen molar-refractivity contribution in [2.24, 2.45) is 5.73 Å². The second kappa shape index (κ2) is 29.4. The molecule has 0 unspecified atom stereocenters. The van der Waals surface area contributed by atoms with Gasteiger partial charge in [0.1, 0.15) is 6.54 Å². The number of carbonyl (C=O) groups is 2. The van der Waals surface area contributed by atoms with Crippen LogP contribution >= 0.6 is 0 Å². The first-order chi connectivity index (χ1) is 19.5. The molecule has 0 aromatic heterocycles. The summed E-state index contributed by atoms with van der Waals surface area (Å²) in [4.78, 5) is 24.3. The van der Waals surface area contributed by atoms with Crippen LogP contribution in [0.2, 0.25) is 0 Å². The zero-order valence-corrected chi connectivity index (χ0v) is 26.7. The highest BCUT2D eigenvalue weighted by Gasteiger charge is 2.34. The number of unbranched alkanes of at least 4 members (excludes halogenated alkanes) is 24. The fraction of sp³-hybridized carbons (Fsp3) is 0.941. The lowest BCUT2D eigenvalue weighted by atomic mass is 10.0. The number of esters is 2. The summed E-state index contributed by atoms with van der Waals surface area (Å²) in [5.74, 6) is -3.52. The zero-order valence-electron chi connectivity index (χ0n) is 26.7. The molecule has 0 atom stereocenters. The van der Waals surface area contributed by atoms with Gasteiger partial charge in [0.25, 0.3) is 0 Å². The average Bonchev–Trinajstić information content (AvgIpc) is 2.93. The van der Waals surface area contributed by atoms with E-state index in [4.69, 9.17) is 15.2 Å². The largest absolute Gasteiger partial charge is 0.397 e. The van der Waals surface area contributed by atoms with Crippen LogP contribution in [0.15, 0.2) is 0 Å². The first-order valence-electron chi connectivity index (χ1n) is 17.3. The SMILES string of the molecule is CCCCCCCCCCCCCCCC(=O)OC(O)(CN)OC(=O)CCCCCCCCCCCCCCC. The molecule has 40 heavy (non-hydrogen) atoms. The number of hydrogen-bond acceptors (Lipinski definition) is 6. The lowest BCUT2D eigenvalue weighted by Crippen LogP contribution is -2.46. The third kappa shape index (κ3) is 27.1. The molecule has 0 aliphatic carbocycles. The van der Waals surface area contributed by atoms with Crippen molar-refractivity contribution in [3.8, 4) is 0 Å². The molecule has 0 aliphatic rings. The first-order valence-corrected chi connectivity index (χ1v) is 17.3. The number of ether oxygens (including phenoxy) is 2. The maximum absolute atomic E-state index is 12.2. The summed E-state index contributed by atoms with van der Waals surface area (Å²) in [7, 11) is 0. The molecule has 0 radical (unpaired) electrons. The Labute approximate surface area is 247 Å². The molecule has 0 aromatic carbocycles. The first kappa shape index (κ1) is 38.9. The van der Waals surface area contributed by atoms with Crippen molar-refractivity contribution in [3.63, 3.8) is 0 Å². The molecule has 0 heterocycles. The van der Waals surface area contributed by atoms with E-state index in [0.29, 0.717) is 12.8 Å². The number of hydrogen-bond donors (Lipinski definition) is 2. The Morgan fingerprint density at radius 2 is 0.700 bits per heavy atom. The molecule has 3 N–H and O–H groups in total. The zero-order chi connectivity index (χ0) is 29.6. The van der Waals surface area contributed by atoms with E-state index in [-0.39, 0.29) is 12.8 Å². The summed E-state index contributed by atoms with van der Waals surface area (Å²) in [6.07, 6.45) is 32.3. The number of rotatable bonds is 31. The van der Waals surface area contributed by atoms with E-state index < -0.39 is 24.5 Å². The molecule has 0 fully saturated rings. The topological polar surface area (TPSA) is 98.8 Å². The van der Waals surface area contributed by atoms with E-state index in [1.165, 1.54) is 128 Å². The Bertz CT molecular complexity index is 525. The van der Waals surface area contributed by atoms with Gasteiger partial charge in [0.05, 0.1) is 0 Å². The summed E-state index contributed by atoms with van der Waals surface area (Å²) >= 11 is 0. The fourth-order valence-electron chi connectivity index (χ4n) is 5.14. The number of carbonyl (C=O) groups excluding carboxylic acids is 2. The van der Waals surface area contributed by atoms with Gasteiger partial charge in [-0.05, 0) is 12.8 Å². The van der Waals surface area contributed by atoms with Crippen molar-refractivity contribution >= 4 is 11.9 Å². The summed E-state index contributed by atoms with van der Waals surface area (Å²) in [6, 6.07) is 0. The van der Waals surface area contributed by atoms with Crippen LogP contribution in [0.5, 0.6) is 0 Å². The van der Waals surface area contributed by atoms with Gasteiger partial charge < -0.3 is 20.3 Å². The molecular formula is C34H67NO5. The van der Waals surface area contributed by atoms with Crippen LogP contribution in [0.3, 0.4) is 0 Å². The van der Waals surface area contributed by atoms with Gasteiger partial charge in [0.2, 0.25) is 0 Å². The molecule has 6 heteroatoms. The molecule has 0 aromatic rings. The second-order valence-corrected chi connectivity index (χ2v) is 11.9. The van der Waals surface area contributed by atoms with Crippen LogP contribution in [0, 0.1) is 0 Å². The van der Waals surface area contributed by atoms with Gasteiger partial charge in [0, 0.05) is 12.8 Å². The van der Waals surface area contributed by atoms with E-state index in [2.05, 4.69) is 13.8 Å². The van der Waals surface area contributed by atoms with Crippen molar-refractivity contribution in [1.82, 2.24) is 0 Å². The Balaban J connectivity index is 3.69. The molecular weight excluding hydrogens is 502 g/mol. The predicted molar refractivity (Wildman–Crippen MR) is 167 cm³/mol. The molecule has 0 bridgehead atoms. The molecule has 6 nitrogen and oxygen atoms in total. The van der Waals surface area contributed by atoms with Gasteiger partial charge in [-0.2, -0.15) is 0 Å². The molecule has 0 spiro atoms. The van der Waals surface area contributed by atoms with E-state index in [0.717, 1.165) is 25.7 Å². The molecule has 238 valence electrons. The summed E-state index contributed by atoms with van der Waals surface area (Å²) < 4.78 is 10.1. The summed E-state index contributed by atoms with van der Waals surface area (Å²) in [5, 5.41) is 10.4. The Kier molecular flexibility index (Phi) is 28.5. The van der Waals surface area contributed by atoms with Gasteiger partial charge in [-0.25, -0.2) is 0 Å². The van der Waals surface area contributed by atoms with E-state index in [1.54, 1.807) is 0 Å². The highest BCUT2D eigenvalue weighted by molar-refractivity contribution is 5.71. The van der Waals surface area contributed by atoms with Crippen LogP contribution < -0.4 is 5.73 Å². The van der Waals surface area contributed by atoms with Gasteiger partial charge in [0.15, 0.2) is 0 Å². The average molecular weight is 570 g/mol. The van der Waals surface area contributed by atoms with Crippen molar-refractivity contribution in [1.29, 1.82) is 0 Å². The lowest BCUT2D eigenvalue weighted by molar-refractivity contribution is -0.318. The fourth-order valence-corrected chi connectivity index (χ4v) is 5.14. The van der Waals surface area contributed by atoms with Crippen molar-refractivity contribution < 1.29 is 24.2 Å². The smallest absolute Gasteiger partial charge is 0.386 e. The third-order valence-electron chi connectivity index (χ3n) is 7.77. The van der Waals surface area contributed by atoms with Gasteiger partial charge in [-0.15, -0.1) is 0 Å². The van der Waals surface area contributed by atoms with Crippen LogP contribution in [0.1, 0.15) is 194 Å². The molecule has 0 aliphatic heterocycles. The molecule has 0 saturated heterocycles. The van der Waals surface area contributed by atoms with Crippen LogP contribution in [0.4, 0.5) is 0 Å². The van der Waals surface area contributed by atoms with E-state index in [1.807, 2.05) is 0 Å². The molecule has 0 saturated carbocycles. The van der Waals surface area contributed by atoms with E-state index >= 15 is 0 Å². The second-order valence-electron chi connectivity index (χ2n) is 11.9. The Morgan fingerprint density at radius 1 is 0.475 bits per heavy atom. The van der Waals surface area contributed by atoms with Crippen molar-refractivity contribution in [2.75, 3.05) is 6.54 Å². The monoisotopic (exact) mass is 570 g/mol. The number of aliphatic hydroxyl groups is 1. The minimum atomic E-state index is -2.36. The predicted octanol–water partition coefficient (Wildman–Crippen LogP) is 9.64. The summed E-state index contributed by atoms with van der Waals surface area (Å²) in [6.45, 7) is 4.03. The van der Waals surface area contributed by atoms with Gasteiger partial charge in [-0.3, -0.25) is 9.59 Å². The Hall–Kier alpha value is -1.14. The van der Waals surface area contributed by atoms with Gasteiger partial charge >= 0.3 is 17.9 Å². The maximum Gasteiger partial charge on any atom is 0.386 e. The van der Waals surface area contributed by atoms with Crippen molar-refractivity contribution in [3.05, 3.63) is 0 Å². The Morgan fingerprint density at radius 3 is 0.925 bits per heavy atom. The van der Waals surface area contributed by atoms with Crippen molar-refractivity contribution in [2.45, 2.75) is 200 Å². The summed E-state index contributed by atoms with van der Waals surface area (Å²) in [5.41, 5.74) is 5.55. The maximum atomic E-state index is 12.2. The van der Waals surface area contributed by atoms with Gasteiger partial charge in [-0.1, -0.05) is 168 Å².